The molecule has 0 aliphatic heterocycles. The Kier molecular flexibility index (Phi) is 4.09. The number of halogens is 1. The first kappa shape index (κ1) is 13.7. The predicted molar refractivity (Wildman–Crippen MR) is 69.5 cm³/mol. The van der Waals surface area contributed by atoms with Gasteiger partial charge in [-0.15, -0.1) is 0 Å². The van der Waals surface area contributed by atoms with Gasteiger partial charge in [-0.2, -0.15) is 9.97 Å². The number of aromatic nitrogens is 2. The highest BCUT2D eigenvalue weighted by Gasteiger charge is 2.13. The minimum Gasteiger partial charge on any atom is -0.481 e. The van der Waals surface area contributed by atoms with Crippen LogP contribution in [0.2, 0.25) is 0 Å². The largest absolute Gasteiger partial charge is 0.481 e. The zero-order valence-electron chi connectivity index (χ0n) is 10.9. The zero-order valence-corrected chi connectivity index (χ0v) is 10.9. The number of benzene rings is 1. The van der Waals surface area contributed by atoms with E-state index in [1.165, 1.54) is 38.5 Å². The third kappa shape index (κ3) is 3.00. The summed E-state index contributed by atoms with van der Waals surface area (Å²) < 4.78 is 23.3. The number of hydrogen-bond acceptors (Lipinski definition) is 5. The summed E-state index contributed by atoms with van der Waals surface area (Å²) in [7, 11) is 2.81. The van der Waals surface area contributed by atoms with Crippen LogP contribution in [0.25, 0.3) is 0 Å². The van der Waals surface area contributed by atoms with Crippen LogP contribution in [0, 0.1) is 5.82 Å². The number of nitrogens with one attached hydrogen (secondary N) is 1. The lowest BCUT2D eigenvalue weighted by atomic mass is 10.2. The Balaban J connectivity index is 2.26. The van der Waals surface area contributed by atoms with E-state index in [4.69, 9.17) is 9.47 Å². The molecule has 0 bridgehead atoms. The van der Waals surface area contributed by atoms with Gasteiger partial charge in [0.1, 0.15) is 11.6 Å². The van der Waals surface area contributed by atoms with Crippen LogP contribution in [-0.2, 0) is 0 Å². The van der Waals surface area contributed by atoms with Crippen molar-refractivity contribution in [2.75, 3.05) is 19.5 Å². The molecule has 7 heteroatoms. The van der Waals surface area contributed by atoms with Gasteiger partial charge >= 0.3 is 6.01 Å². The molecule has 6 nitrogen and oxygen atoms in total. The van der Waals surface area contributed by atoms with E-state index >= 15 is 0 Å². The summed E-state index contributed by atoms with van der Waals surface area (Å²) in [5.74, 6) is -0.855. The van der Waals surface area contributed by atoms with Crippen molar-refractivity contribution in [1.82, 2.24) is 9.97 Å². The lowest BCUT2D eigenvalue weighted by Gasteiger charge is -2.08. The Hall–Kier alpha value is -2.70. The van der Waals surface area contributed by atoms with Crippen molar-refractivity contribution < 1.29 is 18.7 Å². The first-order valence-corrected chi connectivity index (χ1v) is 5.67. The Labute approximate surface area is 114 Å². The molecule has 1 amide bonds. The monoisotopic (exact) mass is 277 g/mol. The van der Waals surface area contributed by atoms with E-state index in [2.05, 4.69) is 15.3 Å². The van der Waals surface area contributed by atoms with Crippen molar-refractivity contribution in [1.29, 1.82) is 0 Å². The molecule has 0 fully saturated rings. The fourth-order valence-corrected chi connectivity index (χ4v) is 1.49. The molecule has 0 saturated heterocycles. The third-order valence-electron chi connectivity index (χ3n) is 2.43. The van der Waals surface area contributed by atoms with E-state index < -0.39 is 11.7 Å². The molecule has 1 N–H and O–H groups in total. The number of ether oxygens (including phenoxy) is 2. The maximum Gasteiger partial charge on any atom is 0.321 e. The summed E-state index contributed by atoms with van der Waals surface area (Å²) in [5, 5.41) is 2.46. The molecule has 0 atom stereocenters. The molecule has 0 aliphatic carbocycles. The Morgan fingerprint density at radius 1 is 1.20 bits per heavy atom. The lowest BCUT2D eigenvalue weighted by molar-refractivity contribution is 0.102. The summed E-state index contributed by atoms with van der Waals surface area (Å²) in [5.41, 5.74) is -0.0796. The van der Waals surface area contributed by atoms with Crippen molar-refractivity contribution in [2.24, 2.45) is 0 Å². The average Bonchev–Trinajstić information content (AvgIpc) is 2.47. The van der Waals surface area contributed by atoms with Gasteiger partial charge in [0, 0.05) is 6.07 Å². The second-order valence-electron chi connectivity index (χ2n) is 3.72. The van der Waals surface area contributed by atoms with Crippen molar-refractivity contribution >= 4 is 11.7 Å². The number of anilines is 1. The summed E-state index contributed by atoms with van der Waals surface area (Å²) >= 11 is 0. The van der Waals surface area contributed by atoms with E-state index in [1.807, 2.05) is 0 Å². The summed E-state index contributed by atoms with van der Waals surface area (Å²) in [6.45, 7) is 0. The number of hydrogen-bond donors (Lipinski definition) is 1. The van der Waals surface area contributed by atoms with Crippen LogP contribution in [-0.4, -0.2) is 30.1 Å². The van der Waals surface area contributed by atoms with Crippen LogP contribution in [0.15, 0.2) is 30.3 Å². The van der Waals surface area contributed by atoms with Crippen LogP contribution in [0.1, 0.15) is 10.4 Å². The second kappa shape index (κ2) is 5.96. The van der Waals surface area contributed by atoms with Gasteiger partial charge in [-0.25, -0.2) is 4.39 Å². The molecular formula is C13H12FN3O3. The van der Waals surface area contributed by atoms with E-state index in [0.29, 0.717) is 0 Å². The highest BCUT2D eigenvalue weighted by molar-refractivity contribution is 6.03. The highest BCUT2D eigenvalue weighted by Crippen LogP contribution is 2.18. The molecule has 2 rings (SSSR count). The topological polar surface area (TPSA) is 73.3 Å². The first-order chi connectivity index (χ1) is 9.63. The molecule has 0 radical (unpaired) electrons. The average molecular weight is 277 g/mol. The molecule has 104 valence electrons. The van der Waals surface area contributed by atoms with Gasteiger partial charge < -0.3 is 14.8 Å². The third-order valence-corrected chi connectivity index (χ3v) is 2.43. The maximum atomic E-state index is 13.5. The fourth-order valence-electron chi connectivity index (χ4n) is 1.49. The van der Waals surface area contributed by atoms with Crippen molar-refractivity contribution in [3.63, 3.8) is 0 Å². The quantitative estimate of drug-likeness (QED) is 0.923. The smallest absolute Gasteiger partial charge is 0.321 e. The van der Waals surface area contributed by atoms with Crippen LogP contribution in [0.3, 0.4) is 0 Å². The molecule has 0 saturated carbocycles. The van der Waals surface area contributed by atoms with Crippen molar-refractivity contribution in [3.8, 4) is 11.9 Å². The predicted octanol–water partition coefficient (Wildman–Crippen LogP) is 1.89. The van der Waals surface area contributed by atoms with Crippen LogP contribution < -0.4 is 14.8 Å². The fraction of sp³-hybridized carbons (Fsp3) is 0.154. The van der Waals surface area contributed by atoms with E-state index in [1.54, 1.807) is 6.07 Å². The van der Waals surface area contributed by atoms with Crippen LogP contribution in [0.5, 0.6) is 11.9 Å². The normalized spacial score (nSPS) is 9.95. The first-order valence-electron chi connectivity index (χ1n) is 5.67. The van der Waals surface area contributed by atoms with E-state index in [-0.39, 0.29) is 23.3 Å². The molecule has 0 unspecified atom stereocenters. The molecular weight excluding hydrogens is 265 g/mol. The Morgan fingerprint density at radius 2 is 1.95 bits per heavy atom. The Bertz CT molecular complexity index is 612. The van der Waals surface area contributed by atoms with Gasteiger partial charge in [-0.05, 0) is 12.1 Å². The zero-order chi connectivity index (χ0) is 14.5. The minimum atomic E-state index is -0.620. The number of amides is 1. The summed E-state index contributed by atoms with van der Waals surface area (Å²) in [6.07, 6.45) is 0. The minimum absolute atomic E-state index is 0.0354. The van der Waals surface area contributed by atoms with Gasteiger partial charge in [-0.3, -0.25) is 4.79 Å². The lowest BCUT2D eigenvalue weighted by Crippen LogP contribution is -2.15. The van der Waals surface area contributed by atoms with Gasteiger partial charge in [0.2, 0.25) is 5.88 Å². The highest BCUT2D eigenvalue weighted by atomic mass is 19.1. The second-order valence-corrected chi connectivity index (χ2v) is 3.72. The SMILES string of the molecule is COc1cc(NC(=O)c2ccccc2F)nc(OC)n1. The van der Waals surface area contributed by atoms with Crippen LogP contribution in [0.4, 0.5) is 10.2 Å². The van der Waals surface area contributed by atoms with Gasteiger partial charge in [-0.1, -0.05) is 12.1 Å². The number of nitrogens with zero attached hydrogens (tertiary/aromatic N) is 2. The van der Waals surface area contributed by atoms with Gasteiger partial charge in [0.05, 0.1) is 19.8 Å². The summed E-state index contributed by atoms with van der Waals surface area (Å²) in [4.78, 5) is 19.8. The van der Waals surface area contributed by atoms with Gasteiger partial charge in [0.25, 0.3) is 5.91 Å². The molecule has 1 heterocycles. The molecule has 1 aromatic carbocycles. The molecule has 20 heavy (non-hydrogen) atoms. The molecule has 1 aromatic heterocycles. The molecule has 0 aliphatic rings. The van der Waals surface area contributed by atoms with E-state index in [9.17, 15) is 9.18 Å². The number of methoxy groups -OCH3 is 2. The van der Waals surface area contributed by atoms with Crippen molar-refractivity contribution in [2.45, 2.75) is 0 Å². The molecule has 0 spiro atoms. The Morgan fingerprint density at radius 3 is 2.60 bits per heavy atom. The number of carbonyl (C=O) groups excluding carboxylic acids is 1. The number of rotatable bonds is 4. The maximum absolute atomic E-state index is 13.5. The summed E-state index contributed by atoms with van der Waals surface area (Å²) in [6, 6.07) is 7.09. The van der Waals surface area contributed by atoms with Gasteiger partial charge in [0.15, 0.2) is 0 Å². The molecule has 2 aromatic rings. The van der Waals surface area contributed by atoms with E-state index in [0.717, 1.165) is 0 Å². The standard InChI is InChI=1S/C13H12FN3O3/c1-19-11-7-10(16-13(17-11)20-2)15-12(18)8-5-3-4-6-9(8)14/h3-7H,1-2H3,(H,15,16,17,18). The van der Waals surface area contributed by atoms with Crippen LogP contribution >= 0.6 is 0 Å². The number of carbonyl (C=O) groups is 1. The van der Waals surface area contributed by atoms with Crippen molar-refractivity contribution in [3.05, 3.63) is 41.7 Å².